The van der Waals surface area contributed by atoms with Crippen LogP contribution in [0.4, 0.5) is 5.13 Å². The second kappa shape index (κ2) is 6.60. The minimum absolute atomic E-state index is 0.190. The second-order valence-corrected chi connectivity index (χ2v) is 6.86. The summed E-state index contributed by atoms with van der Waals surface area (Å²) in [7, 11) is 0. The van der Waals surface area contributed by atoms with Gasteiger partial charge in [-0.2, -0.15) is 0 Å². The molecule has 2 heterocycles. The number of aromatic nitrogens is 2. The molecule has 0 bridgehead atoms. The summed E-state index contributed by atoms with van der Waals surface area (Å²) in [5.41, 5.74) is 3.98. The Labute approximate surface area is 146 Å². The first kappa shape index (κ1) is 15.8. The highest BCUT2D eigenvalue weighted by Gasteiger charge is 2.13. The van der Waals surface area contributed by atoms with Crippen LogP contribution >= 0.6 is 27.3 Å². The molecule has 23 heavy (non-hydrogen) atoms. The van der Waals surface area contributed by atoms with Crippen molar-refractivity contribution in [3.8, 4) is 11.3 Å². The average Bonchev–Trinajstić information content (AvgIpc) is 2.92. The van der Waals surface area contributed by atoms with Gasteiger partial charge in [0.2, 0.25) is 0 Å². The summed E-state index contributed by atoms with van der Waals surface area (Å²) < 4.78 is 0.996. The molecule has 0 atom stereocenters. The number of halogens is 1. The fraction of sp³-hybridized carbons (Fsp3) is 0.118. The summed E-state index contributed by atoms with van der Waals surface area (Å²) in [6, 6.07) is 11.6. The van der Waals surface area contributed by atoms with Crippen LogP contribution < -0.4 is 5.32 Å². The predicted molar refractivity (Wildman–Crippen MR) is 96.9 cm³/mol. The molecule has 0 saturated heterocycles. The normalized spacial score (nSPS) is 10.6. The zero-order chi connectivity index (χ0) is 16.4. The lowest BCUT2D eigenvalue weighted by molar-refractivity contribution is 0.102. The number of nitrogens with zero attached hydrogens (tertiary/aromatic N) is 2. The van der Waals surface area contributed by atoms with Gasteiger partial charge in [-0.3, -0.25) is 15.1 Å². The van der Waals surface area contributed by atoms with Crippen molar-refractivity contribution in [1.29, 1.82) is 0 Å². The van der Waals surface area contributed by atoms with Crippen LogP contribution in [0.3, 0.4) is 0 Å². The predicted octanol–water partition coefficient (Wildman–Crippen LogP) is 4.84. The quantitative estimate of drug-likeness (QED) is 0.699. The summed E-state index contributed by atoms with van der Waals surface area (Å²) in [5.74, 6) is -0.190. The van der Waals surface area contributed by atoms with Gasteiger partial charge in [-0.15, -0.1) is 11.3 Å². The van der Waals surface area contributed by atoms with E-state index in [-0.39, 0.29) is 5.91 Å². The SMILES string of the molecule is Cc1csc(NC(=O)c2ccc(-c3cccc(Br)c3)nc2C)n1. The van der Waals surface area contributed by atoms with Gasteiger partial charge < -0.3 is 0 Å². The van der Waals surface area contributed by atoms with E-state index in [9.17, 15) is 4.79 Å². The maximum Gasteiger partial charge on any atom is 0.259 e. The third-order valence-corrected chi connectivity index (χ3v) is 4.66. The number of aryl methyl sites for hydroxylation is 2. The van der Waals surface area contributed by atoms with Gasteiger partial charge >= 0.3 is 0 Å². The number of nitrogens with one attached hydrogen (secondary N) is 1. The zero-order valence-corrected chi connectivity index (χ0v) is 15.0. The van der Waals surface area contributed by atoms with Crippen LogP contribution in [0.15, 0.2) is 46.3 Å². The maximum atomic E-state index is 12.4. The molecule has 3 rings (SSSR count). The van der Waals surface area contributed by atoms with Crippen molar-refractivity contribution in [2.45, 2.75) is 13.8 Å². The highest BCUT2D eigenvalue weighted by atomic mass is 79.9. The molecule has 116 valence electrons. The topological polar surface area (TPSA) is 54.9 Å². The Morgan fingerprint density at radius 3 is 2.65 bits per heavy atom. The number of thiazole rings is 1. The Morgan fingerprint density at radius 2 is 2.00 bits per heavy atom. The Bertz CT molecular complexity index is 876. The van der Waals surface area contributed by atoms with Crippen LogP contribution in [0, 0.1) is 13.8 Å². The summed E-state index contributed by atoms with van der Waals surface area (Å²) in [5, 5.41) is 5.31. The molecule has 0 aliphatic rings. The molecule has 2 aromatic heterocycles. The maximum absolute atomic E-state index is 12.4. The van der Waals surface area contributed by atoms with E-state index in [1.54, 1.807) is 6.07 Å². The van der Waals surface area contributed by atoms with Gasteiger partial charge in [-0.1, -0.05) is 28.1 Å². The van der Waals surface area contributed by atoms with Gasteiger partial charge in [0, 0.05) is 15.4 Å². The van der Waals surface area contributed by atoms with E-state index in [0.717, 1.165) is 21.4 Å². The van der Waals surface area contributed by atoms with Gasteiger partial charge in [0.25, 0.3) is 5.91 Å². The van der Waals surface area contributed by atoms with Gasteiger partial charge in [-0.25, -0.2) is 4.98 Å². The number of carbonyl (C=O) groups is 1. The third kappa shape index (κ3) is 3.65. The second-order valence-electron chi connectivity index (χ2n) is 5.09. The minimum Gasteiger partial charge on any atom is -0.298 e. The minimum atomic E-state index is -0.190. The van der Waals surface area contributed by atoms with Crippen molar-refractivity contribution < 1.29 is 4.79 Å². The molecule has 0 unspecified atom stereocenters. The smallest absolute Gasteiger partial charge is 0.259 e. The number of rotatable bonds is 3. The summed E-state index contributed by atoms with van der Waals surface area (Å²) in [6.07, 6.45) is 0. The van der Waals surface area contributed by atoms with E-state index in [2.05, 4.69) is 31.2 Å². The number of pyridine rings is 1. The highest BCUT2D eigenvalue weighted by Crippen LogP contribution is 2.23. The summed E-state index contributed by atoms with van der Waals surface area (Å²) >= 11 is 4.87. The molecular formula is C17H14BrN3OS. The van der Waals surface area contributed by atoms with E-state index in [0.29, 0.717) is 16.4 Å². The van der Waals surface area contributed by atoms with Gasteiger partial charge in [0.1, 0.15) is 0 Å². The largest absolute Gasteiger partial charge is 0.298 e. The Hall–Kier alpha value is -2.05. The Morgan fingerprint density at radius 1 is 1.17 bits per heavy atom. The van der Waals surface area contributed by atoms with E-state index in [1.807, 2.05) is 49.6 Å². The molecule has 0 radical (unpaired) electrons. The number of hydrogen-bond donors (Lipinski definition) is 1. The van der Waals surface area contributed by atoms with Gasteiger partial charge in [0.05, 0.1) is 22.6 Å². The average molecular weight is 388 g/mol. The standard InChI is InChI=1S/C17H14BrN3OS/c1-10-9-23-17(19-10)21-16(22)14-6-7-15(20-11(14)2)12-4-3-5-13(18)8-12/h3-9H,1-2H3,(H,19,21,22). The number of carbonyl (C=O) groups excluding carboxylic acids is 1. The molecule has 0 saturated carbocycles. The molecule has 1 N–H and O–H groups in total. The first-order chi connectivity index (χ1) is 11.0. The lowest BCUT2D eigenvalue weighted by Crippen LogP contribution is -2.14. The van der Waals surface area contributed by atoms with Crippen molar-refractivity contribution in [2.75, 3.05) is 5.32 Å². The van der Waals surface area contributed by atoms with E-state index in [4.69, 9.17) is 0 Å². The van der Waals surface area contributed by atoms with Crippen molar-refractivity contribution in [1.82, 2.24) is 9.97 Å². The van der Waals surface area contributed by atoms with Crippen molar-refractivity contribution >= 4 is 38.3 Å². The number of anilines is 1. The molecule has 0 spiro atoms. The Kier molecular flexibility index (Phi) is 4.54. The van der Waals surface area contributed by atoms with E-state index >= 15 is 0 Å². The van der Waals surface area contributed by atoms with Gasteiger partial charge in [0.15, 0.2) is 5.13 Å². The van der Waals surface area contributed by atoms with Crippen LogP contribution in [0.5, 0.6) is 0 Å². The highest BCUT2D eigenvalue weighted by molar-refractivity contribution is 9.10. The molecule has 1 amide bonds. The zero-order valence-electron chi connectivity index (χ0n) is 12.6. The summed E-state index contributed by atoms with van der Waals surface area (Å²) in [6.45, 7) is 3.73. The molecular weight excluding hydrogens is 374 g/mol. The van der Waals surface area contributed by atoms with Gasteiger partial charge in [-0.05, 0) is 38.1 Å². The molecule has 1 aromatic carbocycles. The fourth-order valence-corrected chi connectivity index (χ4v) is 3.27. The van der Waals surface area contributed by atoms with Crippen LogP contribution in [0.2, 0.25) is 0 Å². The number of benzene rings is 1. The van der Waals surface area contributed by atoms with E-state index < -0.39 is 0 Å². The number of hydrogen-bond acceptors (Lipinski definition) is 4. The molecule has 6 heteroatoms. The van der Waals surface area contributed by atoms with Crippen molar-refractivity contribution in [2.24, 2.45) is 0 Å². The molecule has 0 aliphatic carbocycles. The van der Waals surface area contributed by atoms with Crippen molar-refractivity contribution in [3.63, 3.8) is 0 Å². The van der Waals surface area contributed by atoms with Crippen molar-refractivity contribution in [3.05, 3.63) is 63.2 Å². The van der Waals surface area contributed by atoms with Crippen LogP contribution in [-0.4, -0.2) is 15.9 Å². The molecule has 0 fully saturated rings. The monoisotopic (exact) mass is 387 g/mol. The molecule has 3 aromatic rings. The lowest BCUT2D eigenvalue weighted by atomic mass is 10.1. The van der Waals surface area contributed by atoms with Crippen LogP contribution in [0.1, 0.15) is 21.7 Å². The molecule has 4 nitrogen and oxygen atoms in total. The van der Waals surface area contributed by atoms with Crippen LogP contribution in [-0.2, 0) is 0 Å². The third-order valence-electron chi connectivity index (χ3n) is 3.29. The van der Waals surface area contributed by atoms with Crippen LogP contribution in [0.25, 0.3) is 11.3 Å². The van der Waals surface area contributed by atoms with E-state index in [1.165, 1.54) is 11.3 Å². The summed E-state index contributed by atoms with van der Waals surface area (Å²) in [4.78, 5) is 21.1. The molecule has 0 aliphatic heterocycles. The first-order valence-corrected chi connectivity index (χ1v) is 8.67. The Balaban J connectivity index is 1.85. The lowest BCUT2D eigenvalue weighted by Gasteiger charge is -2.08. The fourth-order valence-electron chi connectivity index (χ4n) is 2.19. The first-order valence-electron chi connectivity index (χ1n) is 7.00. The number of amides is 1.